The first-order valence-electron chi connectivity index (χ1n) is 5.68. The molecule has 0 saturated carbocycles. The van der Waals surface area contributed by atoms with Gasteiger partial charge in [-0.25, -0.2) is 0 Å². The van der Waals surface area contributed by atoms with Gasteiger partial charge in [0.25, 0.3) is 0 Å². The lowest BCUT2D eigenvalue weighted by Gasteiger charge is -2.13. The van der Waals surface area contributed by atoms with E-state index in [1.165, 1.54) is 4.90 Å². The Kier molecular flexibility index (Phi) is 7.54. The molecule has 2 amide bonds. The van der Waals surface area contributed by atoms with Gasteiger partial charge in [0.05, 0.1) is 0 Å². The maximum Gasteiger partial charge on any atom is 0.223 e. The molecule has 1 atom stereocenters. The predicted octanol–water partition coefficient (Wildman–Crippen LogP) is -0.0441. The molecule has 0 saturated heterocycles. The Morgan fingerprint density at radius 2 is 2.00 bits per heavy atom. The van der Waals surface area contributed by atoms with Crippen molar-refractivity contribution in [1.29, 1.82) is 0 Å². The van der Waals surface area contributed by atoms with Crippen molar-refractivity contribution in [2.45, 2.75) is 26.2 Å². The van der Waals surface area contributed by atoms with Crippen molar-refractivity contribution < 1.29 is 9.59 Å². The Hall–Kier alpha value is -1.10. The molecule has 1 unspecified atom stereocenters. The van der Waals surface area contributed by atoms with Crippen LogP contribution in [-0.4, -0.2) is 43.9 Å². The summed E-state index contributed by atoms with van der Waals surface area (Å²) in [5.41, 5.74) is 5.51. The summed E-state index contributed by atoms with van der Waals surface area (Å²) in [6.45, 7) is 2.94. The molecular weight excluding hydrogens is 206 g/mol. The zero-order valence-corrected chi connectivity index (χ0v) is 10.5. The maximum atomic E-state index is 11.4. The molecule has 0 aromatic rings. The number of carbonyl (C=O) groups is 2. The fraction of sp³-hybridized carbons (Fsp3) is 0.818. The molecule has 16 heavy (non-hydrogen) atoms. The fourth-order valence-corrected chi connectivity index (χ4v) is 1.26. The first-order valence-corrected chi connectivity index (χ1v) is 5.68. The molecule has 0 aliphatic rings. The lowest BCUT2D eigenvalue weighted by Crippen LogP contribution is -2.32. The second-order valence-electron chi connectivity index (χ2n) is 4.10. The van der Waals surface area contributed by atoms with E-state index in [0.29, 0.717) is 25.9 Å². The average molecular weight is 229 g/mol. The molecule has 0 rings (SSSR count). The van der Waals surface area contributed by atoms with Gasteiger partial charge in [0, 0.05) is 33.5 Å². The van der Waals surface area contributed by atoms with E-state index in [4.69, 9.17) is 5.73 Å². The third-order valence-electron chi connectivity index (χ3n) is 2.54. The Morgan fingerprint density at radius 3 is 2.44 bits per heavy atom. The molecule has 0 radical (unpaired) electrons. The standard InChI is InChI=1S/C11H23N3O2/c1-4-9(8-12)7-10(15)13-6-5-11(16)14(2)3/h9H,4-8,12H2,1-3H3,(H,13,15). The lowest BCUT2D eigenvalue weighted by atomic mass is 10.0. The Morgan fingerprint density at radius 1 is 1.38 bits per heavy atom. The van der Waals surface area contributed by atoms with Crippen molar-refractivity contribution in [3.63, 3.8) is 0 Å². The number of nitrogens with one attached hydrogen (secondary N) is 1. The Balaban J connectivity index is 3.69. The Labute approximate surface area is 97.4 Å². The van der Waals surface area contributed by atoms with Gasteiger partial charge in [-0.2, -0.15) is 0 Å². The van der Waals surface area contributed by atoms with Crippen molar-refractivity contribution in [3.8, 4) is 0 Å². The molecular formula is C11H23N3O2. The van der Waals surface area contributed by atoms with Gasteiger partial charge in [0.1, 0.15) is 0 Å². The van der Waals surface area contributed by atoms with Crippen LogP contribution in [0, 0.1) is 5.92 Å². The van der Waals surface area contributed by atoms with E-state index in [-0.39, 0.29) is 17.7 Å². The summed E-state index contributed by atoms with van der Waals surface area (Å²) in [6, 6.07) is 0. The first-order chi connectivity index (χ1) is 7.51. The van der Waals surface area contributed by atoms with E-state index < -0.39 is 0 Å². The molecule has 5 nitrogen and oxygen atoms in total. The summed E-state index contributed by atoms with van der Waals surface area (Å²) < 4.78 is 0. The van der Waals surface area contributed by atoms with Crippen molar-refractivity contribution in [2.75, 3.05) is 27.2 Å². The van der Waals surface area contributed by atoms with E-state index in [0.717, 1.165) is 6.42 Å². The van der Waals surface area contributed by atoms with Crippen LogP contribution in [0.4, 0.5) is 0 Å². The van der Waals surface area contributed by atoms with Gasteiger partial charge in [-0.1, -0.05) is 13.3 Å². The molecule has 0 heterocycles. The highest BCUT2D eigenvalue weighted by molar-refractivity contribution is 5.78. The second-order valence-corrected chi connectivity index (χ2v) is 4.10. The van der Waals surface area contributed by atoms with E-state index in [1.807, 2.05) is 6.92 Å². The number of rotatable bonds is 7. The van der Waals surface area contributed by atoms with Crippen molar-refractivity contribution in [2.24, 2.45) is 11.7 Å². The summed E-state index contributed by atoms with van der Waals surface area (Å²) in [5.74, 6) is 0.236. The minimum Gasteiger partial charge on any atom is -0.356 e. The predicted molar refractivity (Wildman–Crippen MR) is 63.8 cm³/mol. The van der Waals surface area contributed by atoms with Crippen LogP contribution in [0.2, 0.25) is 0 Å². The van der Waals surface area contributed by atoms with Crippen molar-refractivity contribution >= 4 is 11.8 Å². The molecule has 0 aromatic carbocycles. The number of carbonyl (C=O) groups excluding carboxylic acids is 2. The highest BCUT2D eigenvalue weighted by Crippen LogP contribution is 2.05. The van der Waals surface area contributed by atoms with Crippen LogP contribution in [0.3, 0.4) is 0 Å². The number of nitrogens with two attached hydrogens (primary N) is 1. The highest BCUT2D eigenvalue weighted by atomic mass is 16.2. The molecule has 5 heteroatoms. The van der Waals surface area contributed by atoms with Crippen molar-refractivity contribution in [3.05, 3.63) is 0 Å². The topological polar surface area (TPSA) is 75.4 Å². The zero-order valence-electron chi connectivity index (χ0n) is 10.5. The molecule has 0 fully saturated rings. The van der Waals surface area contributed by atoms with Gasteiger partial charge in [-0.15, -0.1) is 0 Å². The van der Waals surface area contributed by atoms with Crippen LogP contribution in [0.25, 0.3) is 0 Å². The maximum absolute atomic E-state index is 11.4. The van der Waals surface area contributed by atoms with E-state index >= 15 is 0 Å². The van der Waals surface area contributed by atoms with Crippen LogP contribution in [0.15, 0.2) is 0 Å². The van der Waals surface area contributed by atoms with Gasteiger partial charge in [0.2, 0.25) is 11.8 Å². The van der Waals surface area contributed by atoms with Gasteiger partial charge in [-0.05, 0) is 12.5 Å². The minimum atomic E-state index is -0.0242. The molecule has 3 N–H and O–H groups in total. The number of hydrogen-bond donors (Lipinski definition) is 2. The summed E-state index contributed by atoms with van der Waals surface area (Å²) in [4.78, 5) is 24.2. The number of nitrogens with zero attached hydrogens (tertiary/aromatic N) is 1. The molecule has 0 aliphatic heterocycles. The number of hydrogen-bond acceptors (Lipinski definition) is 3. The highest BCUT2D eigenvalue weighted by Gasteiger charge is 2.10. The Bertz CT molecular complexity index is 225. The fourth-order valence-electron chi connectivity index (χ4n) is 1.26. The van der Waals surface area contributed by atoms with E-state index in [9.17, 15) is 9.59 Å². The first kappa shape index (κ1) is 14.9. The largest absolute Gasteiger partial charge is 0.356 e. The molecule has 0 aromatic heterocycles. The van der Waals surface area contributed by atoms with Gasteiger partial charge in [-0.3, -0.25) is 9.59 Å². The summed E-state index contributed by atoms with van der Waals surface area (Å²) in [6.07, 6.45) is 1.70. The second kappa shape index (κ2) is 8.10. The number of amides is 2. The molecule has 0 aliphatic carbocycles. The average Bonchev–Trinajstić information content (AvgIpc) is 2.25. The molecule has 94 valence electrons. The lowest BCUT2D eigenvalue weighted by molar-refractivity contribution is -0.128. The quantitative estimate of drug-likeness (QED) is 0.643. The molecule has 0 spiro atoms. The minimum absolute atomic E-state index is 0.0196. The van der Waals surface area contributed by atoms with Crippen molar-refractivity contribution in [1.82, 2.24) is 10.2 Å². The molecule has 0 bridgehead atoms. The smallest absolute Gasteiger partial charge is 0.223 e. The SMILES string of the molecule is CCC(CN)CC(=O)NCCC(=O)N(C)C. The third kappa shape index (κ3) is 6.40. The van der Waals surface area contributed by atoms with Crippen LogP contribution < -0.4 is 11.1 Å². The van der Waals surface area contributed by atoms with Crippen LogP contribution in [0.1, 0.15) is 26.2 Å². The van der Waals surface area contributed by atoms with E-state index in [2.05, 4.69) is 5.32 Å². The summed E-state index contributed by atoms with van der Waals surface area (Å²) in [7, 11) is 3.40. The van der Waals surface area contributed by atoms with Crippen LogP contribution >= 0.6 is 0 Å². The monoisotopic (exact) mass is 229 g/mol. The van der Waals surface area contributed by atoms with Crippen LogP contribution in [-0.2, 0) is 9.59 Å². The van der Waals surface area contributed by atoms with Gasteiger partial charge < -0.3 is 16.0 Å². The summed E-state index contributed by atoms with van der Waals surface area (Å²) >= 11 is 0. The normalized spacial score (nSPS) is 12.0. The van der Waals surface area contributed by atoms with Gasteiger partial charge in [0.15, 0.2) is 0 Å². The van der Waals surface area contributed by atoms with E-state index in [1.54, 1.807) is 14.1 Å². The van der Waals surface area contributed by atoms with Gasteiger partial charge >= 0.3 is 0 Å². The zero-order chi connectivity index (χ0) is 12.6. The summed E-state index contributed by atoms with van der Waals surface area (Å²) in [5, 5.41) is 2.73. The third-order valence-corrected chi connectivity index (χ3v) is 2.54. The van der Waals surface area contributed by atoms with Crippen LogP contribution in [0.5, 0.6) is 0 Å².